The van der Waals surface area contributed by atoms with E-state index < -0.39 is 0 Å². The van der Waals surface area contributed by atoms with Gasteiger partial charge in [0.2, 0.25) is 0 Å². The van der Waals surface area contributed by atoms with Crippen LogP contribution in [-0.4, -0.2) is 37.7 Å². The summed E-state index contributed by atoms with van der Waals surface area (Å²) < 4.78 is 1.83. The summed E-state index contributed by atoms with van der Waals surface area (Å²) in [5, 5.41) is 8.09. The van der Waals surface area contributed by atoms with Gasteiger partial charge < -0.3 is 5.32 Å². The third-order valence-corrected chi connectivity index (χ3v) is 5.90. The summed E-state index contributed by atoms with van der Waals surface area (Å²) in [4.78, 5) is 16.3. The van der Waals surface area contributed by atoms with Gasteiger partial charge >= 0.3 is 0 Å². The van der Waals surface area contributed by atoms with Crippen molar-refractivity contribution in [1.82, 2.24) is 29.9 Å². The van der Waals surface area contributed by atoms with E-state index in [1.807, 2.05) is 29.9 Å². The van der Waals surface area contributed by atoms with Gasteiger partial charge in [-0.15, -0.1) is 11.3 Å². The zero-order valence-corrected chi connectivity index (χ0v) is 15.0. The van der Waals surface area contributed by atoms with Crippen molar-refractivity contribution in [3.05, 3.63) is 40.7 Å². The highest BCUT2D eigenvalue weighted by Crippen LogP contribution is 2.33. The Bertz CT molecular complexity index is 1090. The maximum absolute atomic E-state index is 4.83. The summed E-state index contributed by atoms with van der Waals surface area (Å²) in [6, 6.07) is 4.22. The fourth-order valence-corrected chi connectivity index (χ4v) is 4.55. The Morgan fingerprint density at radius 3 is 2.96 bits per heavy atom. The molecule has 0 bridgehead atoms. The first kappa shape index (κ1) is 14.9. The highest BCUT2D eigenvalue weighted by molar-refractivity contribution is 7.18. The summed E-state index contributed by atoms with van der Waals surface area (Å²) in [7, 11) is 0. The SMILES string of the molecule is Cc1cn2nc(-c3cnc4cc([C@H]5CCNC5)sc4n3)cc(C)c2n1. The molecule has 0 spiro atoms. The standard InChI is InChI=1S/C18H18N6S/c1-10-5-13(23-24-9-11(2)21-17(10)24)15-8-20-14-6-16(25-18(14)22-15)12-3-4-19-7-12/h5-6,8-9,12,19H,3-4,7H2,1-2H3/t12-/m0/s1. The smallest absolute Gasteiger partial charge is 0.156 e. The van der Waals surface area contributed by atoms with E-state index in [4.69, 9.17) is 4.98 Å². The summed E-state index contributed by atoms with van der Waals surface area (Å²) in [5.74, 6) is 0.593. The summed E-state index contributed by atoms with van der Waals surface area (Å²) >= 11 is 1.75. The molecular weight excluding hydrogens is 332 g/mol. The number of fused-ring (bicyclic) bond motifs is 2. The number of aryl methyl sites for hydroxylation is 2. The number of hydrogen-bond acceptors (Lipinski definition) is 6. The van der Waals surface area contributed by atoms with E-state index in [0.29, 0.717) is 5.92 Å². The van der Waals surface area contributed by atoms with Gasteiger partial charge in [-0.2, -0.15) is 5.10 Å². The molecule has 1 aliphatic rings. The topological polar surface area (TPSA) is 68.0 Å². The van der Waals surface area contributed by atoms with E-state index in [1.165, 1.54) is 11.3 Å². The Kier molecular flexibility index (Phi) is 3.33. The van der Waals surface area contributed by atoms with Gasteiger partial charge in [0.15, 0.2) is 5.65 Å². The Balaban J connectivity index is 1.60. The highest BCUT2D eigenvalue weighted by Gasteiger charge is 2.20. The van der Waals surface area contributed by atoms with Crippen molar-refractivity contribution in [2.75, 3.05) is 13.1 Å². The summed E-state index contributed by atoms with van der Waals surface area (Å²) in [6.07, 6.45) is 4.95. The van der Waals surface area contributed by atoms with Gasteiger partial charge in [0.25, 0.3) is 0 Å². The molecule has 4 aromatic rings. The van der Waals surface area contributed by atoms with Crippen LogP contribution in [0.4, 0.5) is 0 Å². The minimum absolute atomic E-state index is 0.593. The maximum Gasteiger partial charge on any atom is 0.156 e. The molecule has 0 radical (unpaired) electrons. The van der Waals surface area contributed by atoms with E-state index in [9.17, 15) is 0 Å². The molecule has 1 atom stereocenters. The third-order valence-electron chi connectivity index (χ3n) is 4.72. The van der Waals surface area contributed by atoms with Gasteiger partial charge in [-0.1, -0.05) is 0 Å². The van der Waals surface area contributed by atoms with E-state index in [0.717, 1.165) is 51.7 Å². The Labute approximate surface area is 149 Å². The zero-order chi connectivity index (χ0) is 17.0. The van der Waals surface area contributed by atoms with Crippen molar-refractivity contribution < 1.29 is 0 Å². The van der Waals surface area contributed by atoms with Gasteiger partial charge in [0, 0.05) is 17.3 Å². The van der Waals surface area contributed by atoms with Gasteiger partial charge in [-0.25, -0.2) is 14.5 Å². The summed E-state index contributed by atoms with van der Waals surface area (Å²) in [6.45, 7) is 6.18. The monoisotopic (exact) mass is 350 g/mol. The fraction of sp³-hybridized carbons (Fsp3) is 0.333. The third kappa shape index (κ3) is 2.51. The second-order valence-corrected chi connectivity index (χ2v) is 7.71. The molecule has 0 aliphatic carbocycles. The number of hydrogen-bond donors (Lipinski definition) is 1. The van der Waals surface area contributed by atoms with Crippen molar-refractivity contribution >= 4 is 27.3 Å². The molecule has 6 nitrogen and oxygen atoms in total. The number of rotatable bonds is 2. The molecule has 0 saturated carbocycles. The largest absolute Gasteiger partial charge is 0.316 e. The molecule has 1 fully saturated rings. The van der Waals surface area contributed by atoms with Crippen LogP contribution in [0.3, 0.4) is 0 Å². The zero-order valence-electron chi connectivity index (χ0n) is 14.2. The number of nitrogens with one attached hydrogen (secondary N) is 1. The van der Waals surface area contributed by atoms with Gasteiger partial charge in [0.1, 0.15) is 21.7 Å². The first-order valence-electron chi connectivity index (χ1n) is 8.48. The van der Waals surface area contributed by atoms with Crippen LogP contribution < -0.4 is 5.32 Å². The molecule has 0 aromatic carbocycles. The molecule has 4 aromatic heterocycles. The quantitative estimate of drug-likeness (QED) is 0.602. The maximum atomic E-state index is 4.83. The number of imidazole rings is 1. The van der Waals surface area contributed by atoms with Gasteiger partial charge in [0.05, 0.1) is 18.1 Å². The van der Waals surface area contributed by atoms with Crippen LogP contribution in [-0.2, 0) is 0 Å². The predicted octanol–water partition coefficient (Wildman–Crippen LogP) is 3.09. The van der Waals surface area contributed by atoms with Crippen molar-refractivity contribution in [3.8, 4) is 11.4 Å². The lowest BCUT2D eigenvalue weighted by atomic mass is 10.1. The minimum Gasteiger partial charge on any atom is -0.316 e. The number of nitrogens with zero attached hydrogens (tertiary/aromatic N) is 5. The van der Waals surface area contributed by atoms with Crippen LogP contribution in [0.2, 0.25) is 0 Å². The van der Waals surface area contributed by atoms with Crippen molar-refractivity contribution in [2.45, 2.75) is 26.2 Å². The van der Waals surface area contributed by atoms with Crippen molar-refractivity contribution in [1.29, 1.82) is 0 Å². The molecule has 0 amide bonds. The lowest BCUT2D eigenvalue weighted by molar-refractivity contribution is 0.779. The highest BCUT2D eigenvalue weighted by atomic mass is 32.1. The Hall–Kier alpha value is -2.38. The number of thiophene rings is 1. The normalized spacial score (nSPS) is 17.8. The molecule has 1 N–H and O–H groups in total. The first-order valence-corrected chi connectivity index (χ1v) is 9.30. The Morgan fingerprint density at radius 2 is 2.12 bits per heavy atom. The lowest BCUT2D eigenvalue weighted by Gasteiger charge is -2.03. The Morgan fingerprint density at radius 1 is 1.20 bits per heavy atom. The predicted molar refractivity (Wildman–Crippen MR) is 99.1 cm³/mol. The second-order valence-electron chi connectivity index (χ2n) is 6.65. The van der Waals surface area contributed by atoms with Crippen LogP contribution in [0.1, 0.15) is 28.5 Å². The molecule has 5 rings (SSSR count). The molecule has 7 heteroatoms. The van der Waals surface area contributed by atoms with E-state index in [-0.39, 0.29) is 0 Å². The average Bonchev–Trinajstić information content (AvgIpc) is 3.32. The molecule has 5 heterocycles. The van der Waals surface area contributed by atoms with Gasteiger partial charge in [-0.3, -0.25) is 4.98 Å². The van der Waals surface area contributed by atoms with E-state index in [2.05, 4.69) is 33.4 Å². The molecule has 126 valence electrons. The number of aromatic nitrogens is 5. The first-order chi connectivity index (χ1) is 12.2. The van der Waals surface area contributed by atoms with Crippen LogP contribution in [0, 0.1) is 13.8 Å². The second kappa shape index (κ2) is 5.57. The molecule has 0 unspecified atom stereocenters. The lowest BCUT2D eigenvalue weighted by Crippen LogP contribution is -2.07. The van der Waals surface area contributed by atoms with Gasteiger partial charge in [-0.05, 0) is 44.5 Å². The molecule has 1 saturated heterocycles. The molecule has 25 heavy (non-hydrogen) atoms. The van der Waals surface area contributed by atoms with E-state index in [1.54, 1.807) is 11.3 Å². The van der Waals surface area contributed by atoms with Crippen LogP contribution in [0.25, 0.3) is 27.4 Å². The van der Waals surface area contributed by atoms with Crippen LogP contribution in [0.5, 0.6) is 0 Å². The van der Waals surface area contributed by atoms with Crippen molar-refractivity contribution in [2.24, 2.45) is 0 Å². The van der Waals surface area contributed by atoms with Crippen LogP contribution >= 0.6 is 11.3 Å². The summed E-state index contributed by atoms with van der Waals surface area (Å²) in [5.41, 5.74) is 5.55. The minimum atomic E-state index is 0.593. The van der Waals surface area contributed by atoms with Crippen molar-refractivity contribution in [3.63, 3.8) is 0 Å². The average molecular weight is 350 g/mol. The molecule has 1 aliphatic heterocycles. The molecular formula is C18H18N6S. The van der Waals surface area contributed by atoms with Crippen LogP contribution in [0.15, 0.2) is 24.5 Å². The van der Waals surface area contributed by atoms with E-state index >= 15 is 0 Å². The fourth-order valence-electron chi connectivity index (χ4n) is 3.42.